The van der Waals surface area contributed by atoms with Crippen molar-refractivity contribution in [3.63, 3.8) is 0 Å². The van der Waals surface area contributed by atoms with Crippen molar-refractivity contribution in [2.24, 2.45) is 0 Å². The van der Waals surface area contributed by atoms with Crippen molar-refractivity contribution in [1.82, 2.24) is 10.1 Å². The number of carbonyl (C=O) groups is 1. The van der Waals surface area contributed by atoms with Gasteiger partial charge < -0.3 is 14.0 Å². The SMILES string of the molecule is COc1cccc(-c2noc(NC(=O)Cc3ccccc3Cl)c2-c2ccncc2)c1OC. The summed E-state index contributed by atoms with van der Waals surface area (Å²) >= 11 is 6.20. The van der Waals surface area contributed by atoms with E-state index in [1.54, 1.807) is 44.8 Å². The number of anilines is 1. The Hall–Kier alpha value is -3.84. The average molecular weight is 450 g/mol. The third-order valence-corrected chi connectivity index (χ3v) is 5.25. The van der Waals surface area contributed by atoms with Crippen LogP contribution in [0.2, 0.25) is 5.02 Å². The number of hydrogen-bond donors (Lipinski definition) is 1. The molecule has 0 atom stereocenters. The van der Waals surface area contributed by atoms with E-state index in [4.69, 9.17) is 25.6 Å². The number of nitrogens with zero attached hydrogens (tertiary/aromatic N) is 2. The van der Waals surface area contributed by atoms with Crippen molar-refractivity contribution in [2.75, 3.05) is 19.5 Å². The van der Waals surface area contributed by atoms with Crippen LogP contribution in [-0.4, -0.2) is 30.3 Å². The summed E-state index contributed by atoms with van der Waals surface area (Å²) in [7, 11) is 3.12. The average Bonchev–Trinajstić information content (AvgIpc) is 3.23. The van der Waals surface area contributed by atoms with E-state index in [1.807, 2.05) is 36.4 Å². The molecule has 1 N–H and O–H groups in total. The topological polar surface area (TPSA) is 86.5 Å². The zero-order valence-electron chi connectivity index (χ0n) is 17.5. The number of amides is 1. The Labute approximate surface area is 189 Å². The van der Waals surface area contributed by atoms with E-state index in [2.05, 4.69) is 15.5 Å². The van der Waals surface area contributed by atoms with Crippen molar-refractivity contribution in [3.8, 4) is 33.9 Å². The van der Waals surface area contributed by atoms with Crippen LogP contribution in [0.3, 0.4) is 0 Å². The van der Waals surface area contributed by atoms with Gasteiger partial charge in [0.25, 0.3) is 0 Å². The molecule has 0 saturated heterocycles. The number of carbonyl (C=O) groups excluding carboxylic acids is 1. The van der Waals surface area contributed by atoms with Crippen molar-refractivity contribution in [1.29, 1.82) is 0 Å². The molecule has 2 aromatic heterocycles. The second kappa shape index (κ2) is 9.53. The van der Waals surface area contributed by atoms with Crippen LogP contribution in [0.15, 0.2) is 71.5 Å². The van der Waals surface area contributed by atoms with Gasteiger partial charge in [-0.15, -0.1) is 0 Å². The Morgan fingerprint density at radius 2 is 1.81 bits per heavy atom. The summed E-state index contributed by atoms with van der Waals surface area (Å²) in [6.07, 6.45) is 3.41. The molecule has 7 nitrogen and oxygen atoms in total. The molecule has 0 fully saturated rings. The van der Waals surface area contributed by atoms with E-state index in [-0.39, 0.29) is 18.2 Å². The highest BCUT2D eigenvalue weighted by Gasteiger charge is 2.24. The van der Waals surface area contributed by atoms with Gasteiger partial charge in [-0.2, -0.15) is 0 Å². The molecule has 32 heavy (non-hydrogen) atoms. The van der Waals surface area contributed by atoms with Crippen LogP contribution in [-0.2, 0) is 11.2 Å². The standard InChI is InChI=1S/C24H20ClN3O4/c1-30-19-9-5-7-17(23(19)31-2)22-21(15-10-12-26-13-11-15)24(32-28-22)27-20(29)14-16-6-3-4-8-18(16)25/h3-13H,14H2,1-2H3,(H,27,29). The number of nitrogens with one attached hydrogen (secondary N) is 1. The Bertz CT molecular complexity index is 1240. The van der Waals surface area contributed by atoms with Crippen LogP contribution in [0.1, 0.15) is 5.56 Å². The van der Waals surface area contributed by atoms with E-state index >= 15 is 0 Å². The van der Waals surface area contributed by atoms with E-state index < -0.39 is 0 Å². The molecule has 0 bridgehead atoms. The number of pyridine rings is 1. The molecule has 4 rings (SSSR count). The lowest BCUT2D eigenvalue weighted by Gasteiger charge is -2.12. The normalized spacial score (nSPS) is 10.6. The minimum atomic E-state index is -0.284. The van der Waals surface area contributed by atoms with E-state index in [0.29, 0.717) is 38.9 Å². The Balaban J connectivity index is 1.76. The van der Waals surface area contributed by atoms with Crippen LogP contribution < -0.4 is 14.8 Å². The first-order valence-electron chi connectivity index (χ1n) is 9.77. The van der Waals surface area contributed by atoms with Gasteiger partial charge in [0, 0.05) is 17.4 Å². The molecular weight excluding hydrogens is 430 g/mol. The molecule has 2 heterocycles. The highest BCUT2D eigenvalue weighted by atomic mass is 35.5. The molecule has 162 valence electrons. The number of methoxy groups -OCH3 is 2. The lowest BCUT2D eigenvalue weighted by molar-refractivity contribution is -0.115. The minimum Gasteiger partial charge on any atom is -0.493 e. The van der Waals surface area contributed by atoms with Gasteiger partial charge in [0.1, 0.15) is 5.69 Å². The Kier molecular flexibility index (Phi) is 6.37. The zero-order chi connectivity index (χ0) is 22.5. The summed E-state index contributed by atoms with van der Waals surface area (Å²) in [6.45, 7) is 0. The number of aromatic nitrogens is 2. The second-order valence-corrected chi connectivity index (χ2v) is 7.24. The highest BCUT2D eigenvalue weighted by molar-refractivity contribution is 6.31. The summed E-state index contributed by atoms with van der Waals surface area (Å²) in [5.74, 6) is 0.993. The molecule has 0 unspecified atom stereocenters. The summed E-state index contributed by atoms with van der Waals surface area (Å²) in [5, 5.41) is 7.60. The Morgan fingerprint density at radius 1 is 1.03 bits per heavy atom. The van der Waals surface area contributed by atoms with Crippen LogP contribution >= 0.6 is 11.6 Å². The maximum Gasteiger partial charge on any atom is 0.239 e. The van der Waals surface area contributed by atoms with Gasteiger partial charge in [0.2, 0.25) is 11.8 Å². The van der Waals surface area contributed by atoms with Gasteiger partial charge in [-0.25, -0.2) is 0 Å². The van der Waals surface area contributed by atoms with Crippen LogP contribution in [0.25, 0.3) is 22.4 Å². The Morgan fingerprint density at radius 3 is 2.53 bits per heavy atom. The van der Waals surface area contributed by atoms with E-state index in [1.165, 1.54) is 0 Å². The fourth-order valence-corrected chi connectivity index (χ4v) is 3.61. The molecule has 0 saturated carbocycles. The number of para-hydroxylation sites is 1. The zero-order valence-corrected chi connectivity index (χ0v) is 18.2. The molecule has 4 aromatic rings. The lowest BCUT2D eigenvalue weighted by atomic mass is 10.0. The van der Waals surface area contributed by atoms with Crippen molar-refractivity contribution in [2.45, 2.75) is 6.42 Å². The molecule has 0 aliphatic heterocycles. The monoisotopic (exact) mass is 449 g/mol. The van der Waals surface area contributed by atoms with Crippen LogP contribution in [0.5, 0.6) is 11.5 Å². The number of benzene rings is 2. The third kappa shape index (κ3) is 4.29. The maximum absolute atomic E-state index is 12.8. The van der Waals surface area contributed by atoms with Crippen molar-refractivity contribution < 1.29 is 18.8 Å². The number of halogens is 1. The largest absolute Gasteiger partial charge is 0.493 e. The fourth-order valence-electron chi connectivity index (χ4n) is 3.40. The first-order chi connectivity index (χ1) is 15.6. The summed E-state index contributed by atoms with van der Waals surface area (Å²) in [4.78, 5) is 16.8. The van der Waals surface area contributed by atoms with E-state index in [0.717, 1.165) is 5.56 Å². The molecule has 0 aliphatic carbocycles. The summed E-state index contributed by atoms with van der Waals surface area (Å²) in [5.41, 5.74) is 3.25. The van der Waals surface area contributed by atoms with Gasteiger partial charge in [-0.05, 0) is 41.5 Å². The van der Waals surface area contributed by atoms with Crippen molar-refractivity contribution >= 4 is 23.4 Å². The molecule has 1 amide bonds. The van der Waals surface area contributed by atoms with Crippen molar-refractivity contribution in [3.05, 3.63) is 77.6 Å². The van der Waals surface area contributed by atoms with Gasteiger partial charge >= 0.3 is 0 Å². The molecule has 2 aromatic carbocycles. The minimum absolute atomic E-state index is 0.0912. The van der Waals surface area contributed by atoms with Crippen LogP contribution in [0.4, 0.5) is 5.88 Å². The van der Waals surface area contributed by atoms with Gasteiger partial charge in [0.05, 0.1) is 31.8 Å². The molecule has 8 heteroatoms. The first kappa shape index (κ1) is 21.4. The number of ether oxygens (including phenoxy) is 2. The summed E-state index contributed by atoms with van der Waals surface area (Å²) in [6, 6.07) is 16.3. The fraction of sp³-hybridized carbons (Fsp3) is 0.125. The lowest BCUT2D eigenvalue weighted by Crippen LogP contribution is -2.14. The molecule has 0 aliphatic rings. The smallest absolute Gasteiger partial charge is 0.239 e. The molecule has 0 radical (unpaired) electrons. The predicted molar refractivity (Wildman–Crippen MR) is 122 cm³/mol. The molecular formula is C24H20ClN3O4. The quantitative estimate of drug-likeness (QED) is 0.414. The number of hydrogen-bond acceptors (Lipinski definition) is 6. The second-order valence-electron chi connectivity index (χ2n) is 6.83. The van der Waals surface area contributed by atoms with Gasteiger partial charge in [0.15, 0.2) is 11.5 Å². The maximum atomic E-state index is 12.8. The van der Waals surface area contributed by atoms with Gasteiger partial charge in [-0.3, -0.25) is 15.1 Å². The summed E-state index contributed by atoms with van der Waals surface area (Å²) < 4.78 is 16.6. The molecule has 0 spiro atoms. The highest BCUT2D eigenvalue weighted by Crippen LogP contribution is 2.44. The predicted octanol–water partition coefficient (Wildman–Crippen LogP) is 5.26. The van der Waals surface area contributed by atoms with Crippen LogP contribution in [0, 0.1) is 0 Å². The number of rotatable bonds is 7. The third-order valence-electron chi connectivity index (χ3n) is 4.88. The first-order valence-corrected chi connectivity index (χ1v) is 10.1. The van der Waals surface area contributed by atoms with Gasteiger partial charge in [-0.1, -0.05) is 41.0 Å². The van der Waals surface area contributed by atoms with E-state index in [9.17, 15) is 4.79 Å².